The van der Waals surface area contributed by atoms with E-state index in [1.807, 2.05) is 12.1 Å². The molecule has 0 aliphatic heterocycles. The van der Waals surface area contributed by atoms with Crippen LogP contribution < -0.4 is 24.8 Å². The zero-order valence-corrected chi connectivity index (χ0v) is 14.6. The van der Waals surface area contributed by atoms with Gasteiger partial charge in [0.2, 0.25) is 17.6 Å². The number of hydrogen-bond acceptors (Lipinski definition) is 9. The van der Waals surface area contributed by atoms with E-state index in [-0.39, 0.29) is 0 Å². The van der Waals surface area contributed by atoms with Crippen molar-refractivity contribution < 1.29 is 14.2 Å². The second kappa shape index (κ2) is 7.97. The van der Waals surface area contributed by atoms with Crippen molar-refractivity contribution in [2.75, 3.05) is 32.0 Å². The lowest BCUT2D eigenvalue weighted by atomic mass is 10.2. The van der Waals surface area contributed by atoms with Gasteiger partial charge >= 0.3 is 0 Å². The first kappa shape index (κ1) is 17.2. The van der Waals surface area contributed by atoms with Crippen molar-refractivity contribution in [3.05, 3.63) is 43.0 Å². The molecule has 0 bridgehead atoms. The molecule has 9 heteroatoms. The third kappa shape index (κ3) is 3.89. The molecular formula is C17H18N6O3. The Kier molecular flexibility index (Phi) is 5.28. The van der Waals surface area contributed by atoms with E-state index < -0.39 is 0 Å². The zero-order chi connectivity index (χ0) is 18.4. The molecule has 2 heterocycles. The summed E-state index contributed by atoms with van der Waals surface area (Å²) >= 11 is 0. The number of aromatic nitrogens is 4. The maximum Gasteiger partial charge on any atom is 0.232 e. The summed E-state index contributed by atoms with van der Waals surface area (Å²) in [4.78, 5) is 16.6. The Hall–Kier alpha value is -3.62. The topological polar surface area (TPSA) is 103 Å². The lowest BCUT2D eigenvalue weighted by Gasteiger charge is -2.14. The minimum absolute atomic E-state index is 0.362. The van der Waals surface area contributed by atoms with Gasteiger partial charge in [-0.05, 0) is 12.1 Å². The maximum atomic E-state index is 5.34. The fraction of sp³-hybridized carbons (Fsp3) is 0.176. The van der Waals surface area contributed by atoms with Gasteiger partial charge in [-0.3, -0.25) is 4.98 Å². The number of anilines is 4. The highest BCUT2D eigenvalue weighted by Crippen LogP contribution is 2.40. The van der Waals surface area contributed by atoms with E-state index in [4.69, 9.17) is 14.2 Å². The predicted octanol–water partition coefficient (Wildman–Crippen LogP) is 2.78. The molecule has 0 fully saturated rings. The monoisotopic (exact) mass is 354 g/mol. The molecule has 0 saturated heterocycles. The minimum atomic E-state index is 0.362. The van der Waals surface area contributed by atoms with Crippen molar-refractivity contribution in [1.82, 2.24) is 19.9 Å². The number of hydrogen-bond donors (Lipinski definition) is 2. The Balaban J connectivity index is 1.84. The van der Waals surface area contributed by atoms with Gasteiger partial charge in [0.05, 0.1) is 33.2 Å². The van der Waals surface area contributed by atoms with Crippen LogP contribution in [-0.2, 0) is 0 Å². The van der Waals surface area contributed by atoms with E-state index in [0.717, 1.165) is 5.69 Å². The number of rotatable bonds is 7. The number of pyridine rings is 1. The SMILES string of the molecule is COc1cc(Nc2ncnc(Nc3cccnc3)n2)cc(OC)c1OC. The van der Waals surface area contributed by atoms with E-state index in [0.29, 0.717) is 34.8 Å². The number of methoxy groups -OCH3 is 3. The summed E-state index contributed by atoms with van der Waals surface area (Å²) in [7, 11) is 4.66. The maximum absolute atomic E-state index is 5.34. The molecule has 2 N–H and O–H groups in total. The lowest BCUT2D eigenvalue weighted by molar-refractivity contribution is 0.324. The quantitative estimate of drug-likeness (QED) is 0.663. The van der Waals surface area contributed by atoms with E-state index in [2.05, 4.69) is 30.6 Å². The second-order valence-corrected chi connectivity index (χ2v) is 5.04. The molecule has 0 spiro atoms. The van der Waals surface area contributed by atoms with Gasteiger partial charge in [0.15, 0.2) is 11.5 Å². The van der Waals surface area contributed by atoms with E-state index >= 15 is 0 Å². The van der Waals surface area contributed by atoms with Crippen LogP contribution in [-0.4, -0.2) is 41.3 Å². The van der Waals surface area contributed by atoms with Crippen LogP contribution in [0.5, 0.6) is 17.2 Å². The molecule has 3 aromatic rings. The van der Waals surface area contributed by atoms with Crippen LogP contribution in [0.4, 0.5) is 23.3 Å². The summed E-state index contributed by atoms with van der Waals surface area (Å²) < 4.78 is 16.0. The lowest BCUT2D eigenvalue weighted by Crippen LogP contribution is -2.03. The van der Waals surface area contributed by atoms with Gasteiger partial charge in [0.1, 0.15) is 6.33 Å². The summed E-state index contributed by atoms with van der Waals surface area (Å²) in [6.07, 6.45) is 4.78. The van der Waals surface area contributed by atoms with Crippen LogP contribution >= 0.6 is 0 Å². The molecule has 26 heavy (non-hydrogen) atoms. The van der Waals surface area contributed by atoms with Gasteiger partial charge in [-0.15, -0.1) is 0 Å². The third-order valence-electron chi connectivity index (χ3n) is 3.41. The van der Waals surface area contributed by atoms with Crippen LogP contribution in [0.25, 0.3) is 0 Å². The molecule has 0 aliphatic rings. The van der Waals surface area contributed by atoms with Crippen LogP contribution in [0.3, 0.4) is 0 Å². The average molecular weight is 354 g/mol. The molecule has 2 aromatic heterocycles. The van der Waals surface area contributed by atoms with Crippen LogP contribution in [0.2, 0.25) is 0 Å². The summed E-state index contributed by atoms with van der Waals surface area (Å²) in [5, 5.41) is 6.16. The van der Waals surface area contributed by atoms with E-state index in [9.17, 15) is 0 Å². The number of ether oxygens (including phenoxy) is 3. The highest BCUT2D eigenvalue weighted by molar-refractivity contribution is 5.66. The second-order valence-electron chi connectivity index (χ2n) is 5.04. The Bertz CT molecular complexity index is 850. The summed E-state index contributed by atoms with van der Waals surface area (Å²) in [6, 6.07) is 7.21. The molecule has 1 aromatic carbocycles. The van der Waals surface area contributed by atoms with Crippen molar-refractivity contribution in [1.29, 1.82) is 0 Å². The Labute approximate surface area is 150 Å². The largest absolute Gasteiger partial charge is 0.493 e. The van der Waals surface area contributed by atoms with Crippen LogP contribution in [0.15, 0.2) is 43.0 Å². The van der Waals surface area contributed by atoms with E-state index in [1.165, 1.54) is 6.33 Å². The van der Waals surface area contributed by atoms with Crippen molar-refractivity contribution in [2.24, 2.45) is 0 Å². The Morgan fingerprint density at radius 3 is 2.04 bits per heavy atom. The molecule has 9 nitrogen and oxygen atoms in total. The highest BCUT2D eigenvalue weighted by atomic mass is 16.5. The molecule has 0 radical (unpaired) electrons. The summed E-state index contributed by atoms with van der Waals surface area (Å²) in [5.74, 6) is 2.31. The highest BCUT2D eigenvalue weighted by Gasteiger charge is 2.14. The molecule has 0 aliphatic carbocycles. The molecule has 0 saturated carbocycles. The third-order valence-corrected chi connectivity index (χ3v) is 3.41. The van der Waals surface area contributed by atoms with Gasteiger partial charge < -0.3 is 24.8 Å². The number of nitrogens with one attached hydrogen (secondary N) is 2. The molecule has 3 rings (SSSR count). The minimum Gasteiger partial charge on any atom is -0.493 e. The van der Waals surface area contributed by atoms with Gasteiger partial charge in [0, 0.05) is 24.0 Å². The number of nitrogens with zero attached hydrogens (tertiary/aromatic N) is 4. The van der Waals surface area contributed by atoms with Crippen LogP contribution in [0, 0.1) is 0 Å². The average Bonchev–Trinajstić information content (AvgIpc) is 2.68. The standard InChI is InChI=1S/C17H18N6O3/c1-24-13-7-12(8-14(25-2)15(13)26-3)22-17-20-10-19-16(23-17)21-11-5-4-6-18-9-11/h4-10H,1-3H3,(H2,19,20,21,22,23). The van der Waals surface area contributed by atoms with Crippen molar-refractivity contribution >= 4 is 23.3 Å². The van der Waals surface area contributed by atoms with Gasteiger partial charge in [-0.1, -0.05) is 0 Å². The summed E-state index contributed by atoms with van der Waals surface area (Å²) in [6.45, 7) is 0. The van der Waals surface area contributed by atoms with Gasteiger partial charge in [-0.25, -0.2) is 9.97 Å². The normalized spacial score (nSPS) is 10.1. The first-order chi connectivity index (χ1) is 12.7. The molecule has 0 unspecified atom stereocenters. The molecular weight excluding hydrogens is 336 g/mol. The predicted molar refractivity (Wildman–Crippen MR) is 96.7 cm³/mol. The van der Waals surface area contributed by atoms with Crippen molar-refractivity contribution in [3.63, 3.8) is 0 Å². The first-order valence-electron chi connectivity index (χ1n) is 7.66. The van der Waals surface area contributed by atoms with Crippen molar-refractivity contribution in [3.8, 4) is 17.2 Å². The Morgan fingerprint density at radius 1 is 0.846 bits per heavy atom. The fourth-order valence-electron chi connectivity index (χ4n) is 2.26. The van der Waals surface area contributed by atoms with Gasteiger partial charge in [0.25, 0.3) is 0 Å². The van der Waals surface area contributed by atoms with Crippen LogP contribution in [0.1, 0.15) is 0 Å². The smallest absolute Gasteiger partial charge is 0.232 e. The first-order valence-corrected chi connectivity index (χ1v) is 7.66. The fourth-order valence-corrected chi connectivity index (χ4v) is 2.26. The molecule has 0 atom stereocenters. The molecule has 134 valence electrons. The Morgan fingerprint density at radius 2 is 1.50 bits per heavy atom. The molecule has 0 amide bonds. The zero-order valence-electron chi connectivity index (χ0n) is 14.6. The van der Waals surface area contributed by atoms with E-state index in [1.54, 1.807) is 45.9 Å². The van der Waals surface area contributed by atoms with Crippen molar-refractivity contribution in [2.45, 2.75) is 0 Å². The summed E-state index contributed by atoms with van der Waals surface area (Å²) in [5.41, 5.74) is 1.45. The van der Waals surface area contributed by atoms with Gasteiger partial charge in [-0.2, -0.15) is 4.98 Å². The number of benzene rings is 1.